The van der Waals surface area contributed by atoms with Crippen LogP contribution in [-0.4, -0.2) is 28.0 Å². The highest BCUT2D eigenvalue weighted by atomic mass is 19.2. The minimum Gasteiger partial charge on any atom is -0.317 e. The molecule has 1 unspecified atom stereocenters. The Hall–Kier alpha value is -2.77. The maximum atomic E-state index is 13.6. The van der Waals surface area contributed by atoms with Gasteiger partial charge >= 0.3 is 0 Å². The minimum absolute atomic E-state index is 0.402. The van der Waals surface area contributed by atoms with Crippen molar-refractivity contribution in [1.29, 1.82) is 0 Å². The van der Waals surface area contributed by atoms with Crippen molar-refractivity contribution in [3.63, 3.8) is 0 Å². The SMILES string of the molecule is CC(N)(c1ccc(F)c(F)c1)c1ccc(CN2CCC(c3ccc(F)nc3)CC2)cn1. The number of hydrogen-bond acceptors (Lipinski definition) is 4. The molecule has 0 bridgehead atoms. The third kappa shape index (κ3) is 4.78. The Bertz CT molecular complexity index is 1030. The molecule has 1 aliphatic heterocycles. The average Bonchev–Trinajstić information content (AvgIpc) is 2.77. The molecule has 0 aliphatic carbocycles. The molecular formula is C24H25F3N4. The highest BCUT2D eigenvalue weighted by Gasteiger charge is 2.27. The van der Waals surface area contributed by atoms with Crippen LogP contribution in [-0.2, 0) is 12.1 Å². The molecule has 1 atom stereocenters. The highest BCUT2D eigenvalue weighted by Crippen LogP contribution is 2.29. The zero-order chi connectivity index (χ0) is 22.0. The summed E-state index contributed by atoms with van der Waals surface area (Å²) in [6.45, 7) is 4.38. The van der Waals surface area contributed by atoms with E-state index in [0.717, 1.165) is 55.7 Å². The van der Waals surface area contributed by atoms with Crippen molar-refractivity contribution < 1.29 is 13.2 Å². The summed E-state index contributed by atoms with van der Waals surface area (Å²) in [5.41, 5.74) is 8.57. The van der Waals surface area contributed by atoms with Crippen LogP contribution in [0.25, 0.3) is 0 Å². The number of nitrogens with zero attached hydrogens (tertiary/aromatic N) is 3. The average molecular weight is 426 g/mol. The summed E-state index contributed by atoms with van der Waals surface area (Å²) in [5, 5.41) is 0. The molecule has 2 N–H and O–H groups in total. The third-order valence-electron chi connectivity index (χ3n) is 6.09. The van der Waals surface area contributed by atoms with Crippen LogP contribution in [0.5, 0.6) is 0 Å². The number of nitrogens with two attached hydrogens (primary N) is 1. The van der Waals surface area contributed by atoms with E-state index in [1.54, 1.807) is 19.3 Å². The predicted molar refractivity (Wildman–Crippen MR) is 113 cm³/mol. The molecule has 3 heterocycles. The molecule has 0 spiro atoms. The van der Waals surface area contributed by atoms with Crippen molar-refractivity contribution in [3.8, 4) is 0 Å². The lowest BCUT2D eigenvalue weighted by Crippen LogP contribution is -2.35. The predicted octanol–water partition coefficient (Wildman–Crippen LogP) is 4.50. The van der Waals surface area contributed by atoms with Gasteiger partial charge in [-0.3, -0.25) is 9.88 Å². The Balaban J connectivity index is 1.37. The number of hydrogen-bond donors (Lipinski definition) is 1. The van der Waals surface area contributed by atoms with Crippen molar-refractivity contribution in [2.24, 2.45) is 5.73 Å². The monoisotopic (exact) mass is 426 g/mol. The van der Waals surface area contributed by atoms with Crippen LogP contribution >= 0.6 is 0 Å². The van der Waals surface area contributed by atoms with E-state index in [9.17, 15) is 13.2 Å². The van der Waals surface area contributed by atoms with E-state index < -0.39 is 23.1 Å². The second kappa shape index (κ2) is 8.77. The zero-order valence-electron chi connectivity index (χ0n) is 17.4. The Morgan fingerprint density at radius 3 is 2.35 bits per heavy atom. The first kappa shape index (κ1) is 21.5. The molecule has 0 saturated carbocycles. The summed E-state index contributed by atoms with van der Waals surface area (Å²) in [5.74, 6) is -1.87. The minimum atomic E-state index is -1.03. The third-order valence-corrected chi connectivity index (χ3v) is 6.09. The molecule has 1 aromatic carbocycles. The number of aromatic nitrogens is 2. The molecule has 1 aliphatic rings. The molecule has 31 heavy (non-hydrogen) atoms. The van der Waals surface area contributed by atoms with E-state index in [-0.39, 0.29) is 0 Å². The standard InChI is InChI=1S/C24H25F3N4/c1-24(28,19-4-5-20(25)21(26)12-19)22-6-2-16(13-29-22)15-31-10-8-17(9-11-31)18-3-7-23(27)30-14-18/h2-7,12-14,17H,8-11,15,28H2,1H3. The van der Waals surface area contributed by atoms with Crippen molar-refractivity contribution in [2.45, 2.75) is 37.8 Å². The van der Waals surface area contributed by atoms with Gasteiger partial charge in [0.1, 0.15) is 0 Å². The fraction of sp³-hybridized carbons (Fsp3) is 0.333. The van der Waals surface area contributed by atoms with E-state index in [0.29, 0.717) is 17.2 Å². The number of rotatable bonds is 5. The molecule has 2 aromatic heterocycles. The molecule has 4 rings (SSSR count). The van der Waals surface area contributed by atoms with Crippen molar-refractivity contribution in [3.05, 3.63) is 94.8 Å². The summed E-state index contributed by atoms with van der Waals surface area (Å²) in [6, 6.07) is 10.7. The summed E-state index contributed by atoms with van der Waals surface area (Å²) in [7, 11) is 0. The maximum absolute atomic E-state index is 13.6. The Morgan fingerprint density at radius 2 is 1.74 bits per heavy atom. The van der Waals surface area contributed by atoms with Crippen LogP contribution < -0.4 is 5.73 Å². The molecule has 3 aromatic rings. The van der Waals surface area contributed by atoms with Crippen LogP contribution in [0.2, 0.25) is 0 Å². The number of likely N-dealkylation sites (tertiary alicyclic amines) is 1. The van der Waals surface area contributed by atoms with Crippen molar-refractivity contribution >= 4 is 0 Å². The Labute approximate surface area is 179 Å². The highest BCUT2D eigenvalue weighted by molar-refractivity contribution is 5.34. The maximum Gasteiger partial charge on any atom is 0.212 e. The number of piperidine rings is 1. The van der Waals surface area contributed by atoms with Crippen molar-refractivity contribution in [2.75, 3.05) is 13.1 Å². The topological polar surface area (TPSA) is 55.0 Å². The zero-order valence-corrected chi connectivity index (χ0v) is 17.4. The smallest absolute Gasteiger partial charge is 0.212 e. The van der Waals surface area contributed by atoms with Crippen LogP contribution in [0.4, 0.5) is 13.2 Å². The van der Waals surface area contributed by atoms with E-state index in [2.05, 4.69) is 14.9 Å². The lowest BCUT2D eigenvalue weighted by Gasteiger charge is -2.32. The van der Waals surface area contributed by atoms with Crippen LogP contribution in [0, 0.1) is 17.6 Å². The van der Waals surface area contributed by atoms with Gasteiger partial charge in [0.25, 0.3) is 0 Å². The van der Waals surface area contributed by atoms with Crippen LogP contribution in [0.1, 0.15) is 48.1 Å². The summed E-state index contributed by atoms with van der Waals surface area (Å²) >= 11 is 0. The molecule has 0 radical (unpaired) electrons. The molecule has 1 saturated heterocycles. The molecule has 162 valence electrons. The summed E-state index contributed by atoms with van der Waals surface area (Å²) in [4.78, 5) is 10.6. The van der Waals surface area contributed by atoms with Gasteiger partial charge in [-0.1, -0.05) is 18.2 Å². The normalized spacial score (nSPS) is 17.5. The molecule has 1 fully saturated rings. The Kier molecular flexibility index (Phi) is 6.07. The van der Waals surface area contributed by atoms with Gasteiger partial charge in [-0.25, -0.2) is 13.8 Å². The molecular weight excluding hydrogens is 401 g/mol. The number of halogens is 3. The first-order valence-electron chi connectivity index (χ1n) is 10.4. The second-order valence-electron chi connectivity index (χ2n) is 8.35. The van der Waals surface area contributed by atoms with Crippen molar-refractivity contribution in [1.82, 2.24) is 14.9 Å². The van der Waals surface area contributed by atoms with E-state index in [4.69, 9.17) is 5.73 Å². The molecule has 4 nitrogen and oxygen atoms in total. The first-order chi connectivity index (χ1) is 14.8. The quantitative estimate of drug-likeness (QED) is 0.611. The van der Waals surface area contributed by atoms with Crippen LogP contribution in [0.15, 0.2) is 54.9 Å². The van der Waals surface area contributed by atoms with Gasteiger partial charge in [0.15, 0.2) is 11.6 Å². The fourth-order valence-electron chi connectivity index (χ4n) is 4.10. The fourth-order valence-corrected chi connectivity index (χ4v) is 4.10. The van der Waals surface area contributed by atoms with E-state index in [1.807, 2.05) is 18.2 Å². The van der Waals surface area contributed by atoms with Gasteiger partial charge in [0.05, 0.1) is 11.2 Å². The first-order valence-corrected chi connectivity index (χ1v) is 10.4. The molecule has 0 amide bonds. The Morgan fingerprint density at radius 1 is 0.968 bits per heavy atom. The molecule has 7 heteroatoms. The van der Waals surface area contributed by atoms with Crippen LogP contribution in [0.3, 0.4) is 0 Å². The number of benzene rings is 1. The lowest BCUT2D eigenvalue weighted by molar-refractivity contribution is 0.204. The van der Waals surface area contributed by atoms with Gasteiger partial charge in [-0.2, -0.15) is 4.39 Å². The summed E-state index contributed by atoms with van der Waals surface area (Å²) in [6.07, 6.45) is 5.41. The second-order valence-corrected chi connectivity index (χ2v) is 8.35. The lowest BCUT2D eigenvalue weighted by atomic mass is 9.89. The number of pyridine rings is 2. The van der Waals surface area contributed by atoms with E-state index >= 15 is 0 Å². The largest absolute Gasteiger partial charge is 0.317 e. The van der Waals surface area contributed by atoms with E-state index in [1.165, 1.54) is 12.1 Å². The van der Waals surface area contributed by atoms with Gasteiger partial charge in [0, 0.05) is 18.9 Å². The van der Waals surface area contributed by atoms with Gasteiger partial charge in [-0.15, -0.1) is 0 Å². The van der Waals surface area contributed by atoms with Gasteiger partial charge in [-0.05, 0) is 79.7 Å². The summed E-state index contributed by atoms with van der Waals surface area (Å²) < 4.78 is 39.9. The van der Waals surface area contributed by atoms with Gasteiger partial charge < -0.3 is 5.73 Å². The van der Waals surface area contributed by atoms with Gasteiger partial charge in [0.2, 0.25) is 5.95 Å².